The summed E-state index contributed by atoms with van der Waals surface area (Å²) in [4.78, 5) is 24.1. The van der Waals surface area contributed by atoms with Crippen molar-refractivity contribution in [1.29, 1.82) is 0 Å². The molecule has 0 bridgehead atoms. The lowest BCUT2D eigenvalue weighted by molar-refractivity contribution is 0.0984. The fourth-order valence-electron chi connectivity index (χ4n) is 5.24. The predicted octanol–water partition coefficient (Wildman–Crippen LogP) is 4.27. The summed E-state index contributed by atoms with van der Waals surface area (Å²) >= 11 is -0.897. The number of pyridine rings is 2. The number of carbonyl (C=O) groups excluding carboxylic acids is 1. The highest BCUT2D eigenvalue weighted by Gasteiger charge is 2.27. The molecule has 0 radical (unpaired) electrons. The van der Waals surface area contributed by atoms with Crippen LogP contribution in [0.3, 0.4) is 0 Å². The first-order valence-corrected chi connectivity index (χ1v) is 15.1. The first kappa shape index (κ1) is 28.5. The molecule has 4 aromatic rings. The number of aryl methyl sites for hydroxylation is 3. The minimum absolute atomic E-state index is 0.138. The molecule has 1 N–H and O–H groups in total. The number of aromatic nitrogens is 7. The standard InChI is InChI=1S/C28H29F2N9O3S/c1-15-28(38(3)37-33-15)39-7-5-18-14-43(8-6-17(18)13-39)36-26(40)21-11-31-23(27-35-34-16(2)42-27)9-19(21)20-10-22(25(29)30)32-12-24(20)41-4/h5,7,9-12,25,43H,6,8,13-14H2,1-4H3,(H,36,40). The second kappa shape index (κ2) is 11.6. The monoisotopic (exact) mass is 609 g/mol. The van der Waals surface area contributed by atoms with Crippen LogP contribution in [0, 0.1) is 13.8 Å². The highest BCUT2D eigenvalue weighted by molar-refractivity contribution is 8.16. The van der Waals surface area contributed by atoms with Crippen molar-refractivity contribution < 1.29 is 22.7 Å². The normalized spacial score (nSPS) is 17.4. The van der Waals surface area contributed by atoms with Crippen LogP contribution in [0.15, 0.2) is 52.4 Å². The number of nitrogens with zero attached hydrogens (tertiary/aromatic N) is 8. The fraction of sp³-hybridized carbons (Fsp3) is 0.321. The van der Waals surface area contributed by atoms with Crippen molar-refractivity contribution in [1.82, 2.24) is 39.9 Å². The lowest BCUT2D eigenvalue weighted by Gasteiger charge is -2.35. The van der Waals surface area contributed by atoms with Crippen molar-refractivity contribution in [2.45, 2.75) is 26.7 Å². The number of ether oxygens (including phenoxy) is 1. The molecule has 0 spiro atoms. The SMILES string of the molecule is COc1cnc(C(F)F)cc1-c1cc(-c2nnc(C)o2)ncc1C(=O)N[SH]1CCC2=C(C=CN(c3c(C)nnn3C)C2)C1. The van der Waals surface area contributed by atoms with Gasteiger partial charge in [-0.1, -0.05) is 5.21 Å². The van der Waals surface area contributed by atoms with Gasteiger partial charge in [-0.25, -0.2) is 13.5 Å². The van der Waals surface area contributed by atoms with Crippen LogP contribution in [0.4, 0.5) is 14.6 Å². The lowest BCUT2D eigenvalue weighted by atomic mass is 9.99. The van der Waals surface area contributed by atoms with E-state index in [1.54, 1.807) is 17.7 Å². The molecule has 6 heterocycles. The van der Waals surface area contributed by atoms with E-state index < -0.39 is 23.2 Å². The van der Waals surface area contributed by atoms with Crippen molar-refractivity contribution >= 4 is 22.8 Å². The zero-order chi connectivity index (χ0) is 30.2. The van der Waals surface area contributed by atoms with E-state index in [1.165, 1.54) is 36.7 Å². The molecule has 15 heteroatoms. The first-order valence-electron chi connectivity index (χ1n) is 13.4. The molecule has 43 heavy (non-hydrogen) atoms. The number of anilines is 1. The third-order valence-electron chi connectivity index (χ3n) is 7.32. The van der Waals surface area contributed by atoms with Gasteiger partial charge in [0.2, 0.25) is 5.89 Å². The van der Waals surface area contributed by atoms with E-state index in [2.05, 4.69) is 46.2 Å². The van der Waals surface area contributed by atoms with E-state index in [4.69, 9.17) is 9.15 Å². The van der Waals surface area contributed by atoms with Gasteiger partial charge >= 0.3 is 0 Å². The summed E-state index contributed by atoms with van der Waals surface area (Å²) in [6.07, 6.45) is 4.76. The third kappa shape index (κ3) is 5.59. The summed E-state index contributed by atoms with van der Waals surface area (Å²) in [6, 6.07) is 2.79. The molecule has 0 aliphatic carbocycles. The Labute approximate surface area is 248 Å². The molecule has 0 fully saturated rings. The second-order valence-corrected chi connectivity index (χ2v) is 12.2. The third-order valence-corrected chi connectivity index (χ3v) is 9.33. The molecule has 12 nitrogen and oxygen atoms in total. The lowest BCUT2D eigenvalue weighted by Crippen LogP contribution is -2.31. The van der Waals surface area contributed by atoms with Gasteiger partial charge in [-0.2, -0.15) is 11.1 Å². The Morgan fingerprint density at radius 2 is 1.98 bits per heavy atom. The van der Waals surface area contributed by atoms with Crippen molar-refractivity contribution in [2.24, 2.45) is 7.05 Å². The summed E-state index contributed by atoms with van der Waals surface area (Å²) in [7, 11) is 3.28. The molecule has 2 aliphatic rings. The van der Waals surface area contributed by atoms with Gasteiger partial charge in [0.25, 0.3) is 18.2 Å². The van der Waals surface area contributed by atoms with Crippen LogP contribution in [0.2, 0.25) is 0 Å². The maximum atomic E-state index is 13.8. The quantitative estimate of drug-likeness (QED) is 0.292. The second-order valence-electron chi connectivity index (χ2n) is 10.2. The number of nitrogens with one attached hydrogen (secondary N) is 1. The molecular weight excluding hydrogens is 580 g/mol. The Morgan fingerprint density at radius 1 is 1.14 bits per heavy atom. The van der Waals surface area contributed by atoms with Crippen molar-refractivity contribution in [3.63, 3.8) is 0 Å². The van der Waals surface area contributed by atoms with Crippen LogP contribution < -0.4 is 14.4 Å². The number of thiol groups is 1. The van der Waals surface area contributed by atoms with Crippen LogP contribution in [-0.4, -0.2) is 66.2 Å². The van der Waals surface area contributed by atoms with Crippen molar-refractivity contribution in [2.75, 3.05) is 30.1 Å². The fourth-order valence-corrected chi connectivity index (χ4v) is 7.27. The molecule has 0 aromatic carbocycles. The van der Waals surface area contributed by atoms with E-state index in [0.29, 0.717) is 17.1 Å². The first-order chi connectivity index (χ1) is 20.7. The molecule has 0 saturated heterocycles. The van der Waals surface area contributed by atoms with Crippen LogP contribution in [0.1, 0.15) is 40.5 Å². The number of hydrogen-bond acceptors (Lipinski definition) is 10. The van der Waals surface area contributed by atoms with Gasteiger partial charge in [-0.3, -0.25) is 14.8 Å². The van der Waals surface area contributed by atoms with Gasteiger partial charge < -0.3 is 18.8 Å². The molecular formula is C28H29F2N9O3S. The average Bonchev–Trinajstić information content (AvgIpc) is 3.60. The van der Waals surface area contributed by atoms with Crippen LogP contribution >= 0.6 is 11.1 Å². The van der Waals surface area contributed by atoms with Gasteiger partial charge in [0.05, 0.1) is 18.9 Å². The Bertz CT molecular complexity index is 1750. The maximum absolute atomic E-state index is 13.8. The molecule has 2 aliphatic heterocycles. The summed E-state index contributed by atoms with van der Waals surface area (Å²) in [5.41, 5.74) is 4.04. The van der Waals surface area contributed by atoms with Crippen LogP contribution in [0.5, 0.6) is 5.75 Å². The number of halogens is 2. The molecule has 0 saturated carbocycles. The number of hydrogen-bond donors (Lipinski definition) is 2. The van der Waals surface area contributed by atoms with Crippen LogP contribution in [-0.2, 0) is 7.05 Å². The molecule has 1 atom stereocenters. The van der Waals surface area contributed by atoms with E-state index in [9.17, 15) is 13.6 Å². The minimum Gasteiger partial charge on any atom is -0.494 e. The highest BCUT2D eigenvalue weighted by atomic mass is 32.2. The zero-order valence-corrected chi connectivity index (χ0v) is 24.8. The van der Waals surface area contributed by atoms with Crippen molar-refractivity contribution in [3.05, 3.63) is 70.8 Å². The Kier molecular flexibility index (Phi) is 7.64. The number of amides is 1. The van der Waals surface area contributed by atoms with Gasteiger partial charge in [0.1, 0.15) is 22.8 Å². The number of carbonyl (C=O) groups is 1. The highest BCUT2D eigenvalue weighted by Crippen LogP contribution is 2.39. The summed E-state index contributed by atoms with van der Waals surface area (Å²) in [6.45, 7) is 4.32. The van der Waals surface area contributed by atoms with Gasteiger partial charge in [0, 0.05) is 49.8 Å². The molecule has 1 amide bonds. The topological polar surface area (TPSA) is 137 Å². The van der Waals surface area contributed by atoms with E-state index in [1.807, 2.05) is 20.2 Å². The summed E-state index contributed by atoms with van der Waals surface area (Å²) < 4.78 is 43.2. The Morgan fingerprint density at radius 3 is 2.67 bits per heavy atom. The molecule has 6 rings (SSSR count). The number of alkyl halides is 2. The van der Waals surface area contributed by atoms with E-state index in [0.717, 1.165) is 36.0 Å². The van der Waals surface area contributed by atoms with Gasteiger partial charge in [-0.05, 0) is 48.5 Å². The molecule has 224 valence electrons. The summed E-state index contributed by atoms with van der Waals surface area (Å²) in [5.74, 6) is 2.82. The Hall–Kier alpha value is -4.66. The number of methoxy groups -OCH3 is 1. The van der Waals surface area contributed by atoms with E-state index in [-0.39, 0.29) is 28.7 Å². The smallest absolute Gasteiger partial charge is 0.280 e. The Balaban J connectivity index is 1.28. The summed E-state index contributed by atoms with van der Waals surface area (Å²) in [5, 5.41) is 16.1. The predicted molar refractivity (Wildman–Crippen MR) is 157 cm³/mol. The number of rotatable bonds is 7. The molecule has 4 aromatic heterocycles. The van der Waals surface area contributed by atoms with Crippen LogP contribution in [0.25, 0.3) is 22.7 Å². The largest absolute Gasteiger partial charge is 0.494 e. The maximum Gasteiger partial charge on any atom is 0.280 e. The van der Waals surface area contributed by atoms with Gasteiger partial charge in [-0.15, -0.1) is 15.3 Å². The average molecular weight is 610 g/mol. The van der Waals surface area contributed by atoms with Gasteiger partial charge in [0.15, 0.2) is 5.82 Å². The number of allylic oxidation sites excluding steroid dienone is 1. The van der Waals surface area contributed by atoms with E-state index >= 15 is 0 Å². The van der Waals surface area contributed by atoms with Crippen molar-refractivity contribution in [3.8, 4) is 28.5 Å². The molecule has 1 unspecified atom stereocenters. The minimum atomic E-state index is -2.81. The zero-order valence-electron chi connectivity index (χ0n) is 23.9.